The Labute approximate surface area is 318 Å². The fraction of sp³-hybridized carbons (Fsp3) is 0. The Balaban J connectivity index is 1.33. The Morgan fingerprint density at radius 1 is 0.236 bits per heavy atom. The highest BCUT2D eigenvalue weighted by Crippen LogP contribution is 2.55. The van der Waals surface area contributed by atoms with Crippen molar-refractivity contribution in [3.63, 3.8) is 0 Å². The van der Waals surface area contributed by atoms with Gasteiger partial charge in [-0.05, 0) is 129 Å². The normalized spacial score (nSPS) is 12.0. The molecule has 0 N–H and O–H groups in total. The Bertz CT molecular complexity index is 3350. The molecule has 0 saturated carbocycles. The van der Waals surface area contributed by atoms with E-state index < -0.39 is 0 Å². The summed E-state index contributed by atoms with van der Waals surface area (Å²) >= 11 is 0. The van der Waals surface area contributed by atoms with Crippen LogP contribution in [0.2, 0.25) is 0 Å². The van der Waals surface area contributed by atoms with Gasteiger partial charge in [0, 0.05) is 16.8 Å². The first-order valence-corrected chi connectivity index (χ1v) is 19.1. The summed E-state index contributed by atoms with van der Waals surface area (Å²) < 4.78 is 0. The van der Waals surface area contributed by atoms with Crippen LogP contribution in [0.5, 0.6) is 0 Å². The molecule has 55 heavy (non-hydrogen) atoms. The molecule has 0 aliphatic rings. The molecule has 1 heteroatoms. The maximum Gasteiger partial charge on any atom is 0.0540 e. The minimum atomic E-state index is 1.13. The number of para-hydroxylation sites is 2. The van der Waals surface area contributed by atoms with Gasteiger partial charge in [0.2, 0.25) is 0 Å². The molecule has 0 aliphatic carbocycles. The molecule has 12 aromatic rings. The van der Waals surface area contributed by atoms with Gasteiger partial charge in [0.25, 0.3) is 0 Å². The van der Waals surface area contributed by atoms with Gasteiger partial charge in [-0.15, -0.1) is 0 Å². The lowest BCUT2D eigenvalue weighted by atomic mass is 9.84. The van der Waals surface area contributed by atoms with Crippen LogP contribution in [0, 0.1) is 0 Å². The van der Waals surface area contributed by atoms with E-state index in [0.29, 0.717) is 0 Å². The van der Waals surface area contributed by atoms with E-state index in [0.717, 1.165) is 11.4 Å². The monoisotopic (exact) mass is 695 g/mol. The van der Waals surface area contributed by atoms with Crippen LogP contribution in [0.15, 0.2) is 200 Å². The van der Waals surface area contributed by atoms with Crippen LogP contribution < -0.4 is 4.90 Å². The second-order valence-electron chi connectivity index (χ2n) is 14.7. The van der Waals surface area contributed by atoms with Gasteiger partial charge in [0.1, 0.15) is 0 Å². The van der Waals surface area contributed by atoms with Crippen LogP contribution in [0.4, 0.5) is 17.1 Å². The Morgan fingerprint density at radius 2 is 0.673 bits per heavy atom. The summed E-state index contributed by atoms with van der Waals surface area (Å²) in [6, 6.07) is 73.8. The maximum absolute atomic E-state index is 2.52. The molecule has 0 saturated heterocycles. The Kier molecular flexibility index (Phi) is 6.40. The predicted octanol–water partition coefficient (Wildman–Crippen LogP) is 15.4. The summed E-state index contributed by atoms with van der Waals surface area (Å²) in [7, 11) is 0. The molecule has 12 aromatic carbocycles. The van der Waals surface area contributed by atoms with Gasteiger partial charge in [0.05, 0.1) is 5.69 Å². The molecule has 1 nitrogen and oxygen atoms in total. The molecular formula is C54H33N. The SMILES string of the molecule is c1ccc(-c2c3cc4c5ccccc5c5cccc(c3c(-c3ccccc3)c3c6cccc7c(N(c8ccccc8)c8ccccc8)ccc(c23)c76)c54)cc1. The minimum absolute atomic E-state index is 1.13. The van der Waals surface area contributed by atoms with Crippen LogP contribution in [-0.2, 0) is 0 Å². The first-order chi connectivity index (χ1) is 27.3. The van der Waals surface area contributed by atoms with Gasteiger partial charge in [-0.3, -0.25) is 0 Å². The molecule has 0 amide bonds. The van der Waals surface area contributed by atoms with Crippen molar-refractivity contribution in [1.29, 1.82) is 0 Å². The number of rotatable bonds is 5. The summed E-state index contributed by atoms with van der Waals surface area (Å²) in [5.41, 5.74) is 8.51. The van der Waals surface area contributed by atoms with Crippen molar-refractivity contribution in [1.82, 2.24) is 0 Å². The van der Waals surface area contributed by atoms with E-state index >= 15 is 0 Å². The minimum Gasteiger partial charge on any atom is -0.310 e. The fourth-order valence-electron chi connectivity index (χ4n) is 9.77. The standard InChI is InChI=1S/C54H33N/c1-5-17-34(18-6-1)48-46-33-45-39-26-14-13-25-38(39)40-27-15-29-42(50(40)45)52(46)49(35-19-7-2-8-20-35)54-43-30-16-28-41-47(32-31-44(51(41)43)53(48)54)55(36-21-9-3-10-22-36)37-23-11-4-12-24-37/h1-33H. The third-order valence-electron chi connectivity index (χ3n) is 11.9. The van der Waals surface area contributed by atoms with Gasteiger partial charge in [0.15, 0.2) is 0 Å². The second-order valence-corrected chi connectivity index (χ2v) is 14.7. The fourth-order valence-corrected chi connectivity index (χ4v) is 9.77. The first-order valence-electron chi connectivity index (χ1n) is 19.1. The van der Waals surface area contributed by atoms with Crippen molar-refractivity contribution in [3.05, 3.63) is 200 Å². The third-order valence-corrected chi connectivity index (χ3v) is 11.9. The molecule has 0 spiro atoms. The summed E-state index contributed by atoms with van der Waals surface area (Å²) in [4.78, 5) is 2.41. The van der Waals surface area contributed by atoms with E-state index in [1.54, 1.807) is 0 Å². The zero-order chi connectivity index (χ0) is 36.0. The molecule has 0 fully saturated rings. The van der Waals surface area contributed by atoms with E-state index in [-0.39, 0.29) is 0 Å². The van der Waals surface area contributed by atoms with Crippen molar-refractivity contribution in [2.24, 2.45) is 0 Å². The average molecular weight is 696 g/mol. The molecule has 0 bridgehead atoms. The molecule has 0 atom stereocenters. The zero-order valence-electron chi connectivity index (χ0n) is 30.0. The quantitative estimate of drug-likeness (QED) is 0.162. The molecule has 0 heterocycles. The van der Waals surface area contributed by atoms with E-state index in [2.05, 4.69) is 205 Å². The van der Waals surface area contributed by atoms with Crippen LogP contribution in [0.25, 0.3) is 97.7 Å². The molecular weight excluding hydrogens is 663 g/mol. The van der Waals surface area contributed by atoms with Gasteiger partial charge in [-0.25, -0.2) is 0 Å². The van der Waals surface area contributed by atoms with Crippen molar-refractivity contribution >= 4 is 92.5 Å². The molecule has 0 unspecified atom stereocenters. The van der Waals surface area contributed by atoms with Gasteiger partial charge >= 0.3 is 0 Å². The predicted molar refractivity (Wildman–Crippen MR) is 237 cm³/mol. The number of anilines is 3. The highest BCUT2D eigenvalue weighted by molar-refractivity contribution is 6.45. The molecule has 12 rings (SSSR count). The van der Waals surface area contributed by atoms with Crippen LogP contribution >= 0.6 is 0 Å². The van der Waals surface area contributed by atoms with Crippen molar-refractivity contribution in [2.45, 2.75) is 0 Å². The zero-order valence-corrected chi connectivity index (χ0v) is 30.0. The Morgan fingerprint density at radius 3 is 1.31 bits per heavy atom. The maximum atomic E-state index is 2.52. The largest absolute Gasteiger partial charge is 0.310 e. The molecule has 254 valence electrons. The second kappa shape index (κ2) is 11.6. The molecule has 0 aromatic heterocycles. The average Bonchev–Trinajstić information content (AvgIpc) is 3.76. The highest BCUT2D eigenvalue weighted by atomic mass is 15.1. The van der Waals surface area contributed by atoms with Crippen molar-refractivity contribution in [2.75, 3.05) is 4.90 Å². The first kappa shape index (κ1) is 30.3. The van der Waals surface area contributed by atoms with Crippen LogP contribution in [0.3, 0.4) is 0 Å². The third kappa shape index (κ3) is 4.24. The number of hydrogen-bond donors (Lipinski definition) is 0. The van der Waals surface area contributed by atoms with E-state index in [1.165, 1.54) is 103 Å². The lowest BCUT2D eigenvalue weighted by Gasteiger charge is -2.27. The van der Waals surface area contributed by atoms with Crippen molar-refractivity contribution < 1.29 is 0 Å². The summed E-state index contributed by atoms with van der Waals surface area (Å²) in [5, 5.41) is 18.3. The van der Waals surface area contributed by atoms with Crippen molar-refractivity contribution in [3.8, 4) is 22.3 Å². The number of hydrogen-bond acceptors (Lipinski definition) is 1. The van der Waals surface area contributed by atoms with E-state index in [4.69, 9.17) is 0 Å². The highest BCUT2D eigenvalue weighted by Gasteiger charge is 2.27. The lowest BCUT2D eigenvalue weighted by molar-refractivity contribution is 1.30. The van der Waals surface area contributed by atoms with E-state index in [1.807, 2.05) is 0 Å². The summed E-state index contributed by atoms with van der Waals surface area (Å²) in [6.45, 7) is 0. The van der Waals surface area contributed by atoms with Gasteiger partial charge < -0.3 is 4.90 Å². The smallest absolute Gasteiger partial charge is 0.0540 e. The van der Waals surface area contributed by atoms with Crippen LogP contribution in [-0.4, -0.2) is 0 Å². The summed E-state index contributed by atoms with van der Waals surface area (Å²) in [6.07, 6.45) is 0. The summed E-state index contributed by atoms with van der Waals surface area (Å²) in [5.74, 6) is 0. The topological polar surface area (TPSA) is 3.24 Å². The van der Waals surface area contributed by atoms with Gasteiger partial charge in [-0.2, -0.15) is 0 Å². The van der Waals surface area contributed by atoms with Crippen LogP contribution in [0.1, 0.15) is 0 Å². The number of fused-ring (bicyclic) bond motifs is 8. The Hall–Kier alpha value is -7.22. The lowest BCUT2D eigenvalue weighted by Crippen LogP contribution is -2.10. The van der Waals surface area contributed by atoms with E-state index in [9.17, 15) is 0 Å². The van der Waals surface area contributed by atoms with Gasteiger partial charge in [-0.1, -0.05) is 164 Å². The number of benzene rings is 10. The molecule has 0 radical (unpaired) electrons. The number of nitrogens with zero attached hydrogens (tertiary/aromatic N) is 1. The molecule has 0 aliphatic heterocycles.